The standard InChI is InChI=1S/C32H43F3N6O2/c1-21-15-27(16-22(2)29(21)23(3)39-26-17-28(36-20-26)30(42)40-10-4-5-11-40)43-14-6-7-24-8-12-41(13-9-24)31-37-18-25(19-38-31)32(33,34)35/h15-16,18-19,24,26,28,36,39H,3-14,17,20H2,1-2H3/t26-,28-/m0/s1. The third kappa shape index (κ3) is 7.79. The average molecular weight is 601 g/mol. The number of aryl methyl sites for hydroxylation is 2. The van der Waals surface area contributed by atoms with E-state index < -0.39 is 11.7 Å². The van der Waals surface area contributed by atoms with E-state index in [0.717, 1.165) is 118 Å². The van der Waals surface area contributed by atoms with Gasteiger partial charge >= 0.3 is 6.18 Å². The van der Waals surface area contributed by atoms with Crippen LogP contribution in [0.15, 0.2) is 31.1 Å². The number of likely N-dealkylation sites (tertiary alicyclic amines) is 1. The van der Waals surface area contributed by atoms with Crippen LogP contribution < -0.4 is 20.3 Å². The summed E-state index contributed by atoms with van der Waals surface area (Å²) in [5, 5.41) is 6.95. The van der Waals surface area contributed by atoms with Crippen molar-refractivity contribution < 1.29 is 22.7 Å². The number of nitrogens with zero attached hydrogens (tertiary/aromatic N) is 4. The van der Waals surface area contributed by atoms with Crippen molar-refractivity contribution in [1.82, 2.24) is 25.5 Å². The monoisotopic (exact) mass is 600 g/mol. The molecule has 1 aromatic heterocycles. The van der Waals surface area contributed by atoms with Gasteiger partial charge in [0.2, 0.25) is 11.9 Å². The number of anilines is 1. The van der Waals surface area contributed by atoms with E-state index in [1.165, 1.54) is 0 Å². The van der Waals surface area contributed by atoms with Crippen LogP contribution in [0, 0.1) is 19.8 Å². The van der Waals surface area contributed by atoms with E-state index in [-0.39, 0.29) is 18.0 Å². The van der Waals surface area contributed by atoms with Crippen molar-refractivity contribution in [2.45, 2.75) is 77.1 Å². The normalized spacial score (nSPS) is 21.3. The minimum absolute atomic E-state index is 0.123. The van der Waals surface area contributed by atoms with Crippen LogP contribution in [-0.4, -0.2) is 72.2 Å². The maximum absolute atomic E-state index is 12.8. The number of amides is 1. The van der Waals surface area contributed by atoms with Gasteiger partial charge < -0.3 is 25.2 Å². The quantitative estimate of drug-likeness (QED) is 0.367. The summed E-state index contributed by atoms with van der Waals surface area (Å²) < 4.78 is 44.4. The van der Waals surface area contributed by atoms with Crippen LogP contribution in [0.4, 0.5) is 19.1 Å². The first-order chi connectivity index (χ1) is 20.6. The molecule has 0 saturated carbocycles. The molecule has 0 spiro atoms. The summed E-state index contributed by atoms with van der Waals surface area (Å²) in [6.07, 6.45) is 4.12. The fourth-order valence-corrected chi connectivity index (χ4v) is 6.61. The van der Waals surface area contributed by atoms with Gasteiger partial charge in [0.05, 0.1) is 18.2 Å². The number of rotatable bonds is 10. The zero-order valence-electron chi connectivity index (χ0n) is 25.2. The highest BCUT2D eigenvalue weighted by atomic mass is 19.4. The maximum atomic E-state index is 12.8. The van der Waals surface area contributed by atoms with Gasteiger partial charge in [0, 0.05) is 62.4 Å². The molecule has 0 unspecified atom stereocenters. The summed E-state index contributed by atoms with van der Waals surface area (Å²) in [7, 11) is 0. The smallest absolute Gasteiger partial charge is 0.419 e. The third-order valence-corrected chi connectivity index (χ3v) is 8.92. The van der Waals surface area contributed by atoms with Crippen molar-refractivity contribution in [3.63, 3.8) is 0 Å². The van der Waals surface area contributed by atoms with Crippen molar-refractivity contribution >= 4 is 17.6 Å². The van der Waals surface area contributed by atoms with Crippen LogP contribution in [-0.2, 0) is 11.0 Å². The Bertz CT molecular complexity index is 1250. The molecule has 0 aliphatic carbocycles. The number of carbonyl (C=O) groups is 1. The van der Waals surface area contributed by atoms with Crippen LogP contribution in [0.2, 0.25) is 0 Å². The van der Waals surface area contributed by atoms with E-state index >= 15 is 0 Å². The van der Waals surface area contributed by atoms with Crippen molar-refractivity contribution in [2.24, 2.45) is 5.92 Å². The molecule has 1 amide bonds. The predicted molar refractivity (Wildman–Crippen MR) is 161 cm³/mol. The SMILES string of the molecule is C=C(N[C@@H]1CN[C@H](C(=O)N2CCCC2)C1)c1c(C)cc(OCCCC2CCN(c3ncc(C(F)(F)F)cn3)CC2)cc1C. The number of hydrogen-bond donors (Lipinski definition) is 2. The molecule has 11 heteroatoms. The Kier molecular flexibility index (Phi) is 9.78. The van der Waals surface area contributed by atoms with Crippen LogP contribution in [0.1, 0.15) is 67.2 Å². The number of nitrogens with one attached hydrogen (secondary N) is 2. The largest absolute Gasteiger partial charge is 0.494 e. The van der Waals surface area contributed by atoms with Crippen molar-refractivity contribution in [3.8, 4) is 5.75 Å². The molecular weight excluding hydrogens is 557 g/mol. The number of aromatic nitrogens is 2. The van der Waals surface area contributed by atoms with Crippen LogP contribution in [0.5, 0.6) is 5.75 Å². The molecular formula is C32H43F3N6O2. The van der Waals surface area contributed by atoms with Gasteiger partial charge in [-0.3, -0.25) is 4.79 Å². The second-order valence-electron chi connectivity index (χ2n) is 12.2. The number of piperidine rings is 1. The van der Waals surface area contributed by atoms with Gasteiger partial charge in [-0.1, -0.05) is 6.58 Å². The Balaban J connectivity index is 1.03. The van der Waals surface area contributed by atoms with Gasteiger partial charge in [-0.15, -0.1) is 0 Å². The van der Waals surface area contributed by atoms with Gasteiger partial charge in [0.15, 0.2) is 0 Å². The minimum atomic E-state index is -4.42. The number of ether oxygens (including phenoxy) is 1. The molecule has 0 radical (unpaired) electrons. The lowest BCUT2D eigenvalue weighted by Gasteiger charge is -2.32. The van der Waals surface area contributed by atoms with Crippen molar-refractivity contribution in [1.29, 1.82) is 0 Å². The van der Waals surface area contributed by atoms with E-state index in [4.69, 9.17) is 4.74 Å². The molecule has 2 aromatic rings. The molecule has 0 bridgehead atoms. The molecule has 3 aliphatic heterocycles. The zero-order valence-corrected chi connectivity index (χ0v) is 25.2. The van der Waals surface area contributed by atoms with E-state index in [1.807, 2.05) is 9.80 Å². The Morgan fingerprint density at radius 3 is 2.37 bits per heavy atom. The van der Waals surface area contributed by atoms with Crippen LogP contribution in [0.25, 0.3) is 5.70 Å². The van der Waals surface area contributed by atoms with Crippen molar-refractivity contribution in [3.05, 3.63) is 53.4 Å². The molecule has 2 N–H and O–H groups in total. The molecule has 3 aliphatic rings. The fraction of sp³-hybridized carbons (Fsp3) is 0.594. The lowest BCUT2D eigenvalue weighted by molar-refractivity contribution is -0.138. The molecule has 4 heterocycles. The molecule has 3 saturated heterocycles. The second kappa shape index (κ2) is 13.5. The lowest BCUT2D eigenvalue weighted by Crippen LogP contribution is -2.42. The molecule has 234 valence electrons. The summed E-state index contributed by atoms with van der Waals surface area (Å²) in [4.78, 5) is 24.6. The minimum Gasteiger partial charge on any atom is -0.494 e. The summed E-state index contributed by atoms with van der Waals surface area (Å²) in [6.45, 7) is 13.1. The Labute approximate surface area is 252 Å². The first-order valence-corrected chi connectivity index (χ1v) is 15.4. The summed E-state index contributed by atoms with van der Waals surface area (Å²) in [5.41, 5.74) is 3.33. The van der Waals surface area contributed by atoms with Crippen molar-refractivity contribution in [2.75, 3.05) is 44.2 Å². The van der Waals surface area contributed by atoms with Gasteiger partial charge in [-0.2, -0.15) is 13.2 Å². The fourth-order valence-electron chi connectivity index (χ4n) is 6.61. The molecule has 2 atom stereocenters. The predicted octanol–water partition coefficient (Wildman–Crippen LogP) is 5.10. The maximum Gasteiger partial charge on any atom is 0.419 e. The number of alkyl halides is 3. The average Bonchev–Trinajstić information content (AvgIpc) is 3.68. The van der Waals surface area contributed by atoms with Gasteiger partial charge in [-0.05, 0) is 88.0 Å². The Morgan fingerprint density at radius 1 is 1.09 bits per heavy atom. The molecule has 43 heavy (non-hydrogen) atoms. The van der Waals surface area contributed by atoms with E-state index in [1.54, 1.807) is 0 Å². The van der Waals surface area contributed by atoms with E-state index in [0.29, 0.717) is 18.5 Å². The highest BCUT2D eigenvalue weighted by Gasteiger charge is 2.34. The van der Waals surface area contributed by atoms with Gasteiger partial charge in [-0.25, -0.2) is 9.97 Å². The highest BCUT2D eigenvalue weighted by molar-refractivity contribution is 5.82. The first kappa shape index (κ1) is 31.1. The zero-order chi connectivity index (χ0) is 30.6. The molecule has 8 nitrogen and oxygen atoms in total. The molecule has 3 fully saturated rings. The Hall–Kier alpha value is -3.34. The topological polar surface area (TPSA) is 82.6 Å². The Morgan fingerprint density at radius 2 is 1.74 bits per heavy atom. The van der Waals surface area contributed by atoms with Gasteiger partial charge in [0.25, 0.3) is 0 Å². The number of halogens is 3. The molecule has 5 rings (SSSR count). The van der Waals surface area contributed by atoms with E-state index in [9.17, 15) is 18.0 Å². The summed E-state index contributed by atoms with van der Waals surface area (Å²) in [6, 6.07) is 4.16. The number of benzene rings is 1. The lowest BCUT2D eigenvalue weighted by atomic mass is 9.92. The highest BCUT2D eigenvalue weighted by Crippen LogP contribution is 2.30. The first-order valence-electron chi connectivity index (χ1n) is 15.4. The van der Waals surface area contributed by atoms with Crippen LogP contribution >= 0.6 is 0 Å². The van der Waals surface area contributed by atoms with Crippen LogP contribution in [0.3, 0.4) is 0 Å². The third-order valence-electron chi connectivity index (χ3n) is 8.92. The number of carbonyl (C=O) groups excluding carboxylic acids is 1. The summed E-state index contributed by atoms with van der Waals surface area (Å²) in [5.74, 6) is 1.97. The van der Waals surface area contributed by atoms with Gasteiger partial charge in [0.1, 0.15) is 5.75 Å². The molecule has 1 aromatic carbocycles. The van der Waals surface area contributed by atoms with E-state index in [2.05, 4.69) is 53.2 Å². The number of hydrogen-bond acceptors (Lipinski definition) is 7. The second-order valence-corrected chi connectivity index (χ2v) is 12.2. The summed E-state index contributed by atoms with van der Waals surface area (Å²) >= 11 is 0.